The zero-order valence-corrected chi connectivity index (χ0v) is 13.4. The molecule has 0 rings (SSSR count). The van der Waals surface area contributed by atoms with E-state index in [1.54, 1.807) is 0 Å². The fourth-order valence-electron chi connectivity index (χ4n) is 2.45. The van der Waals surface area contributed by atoms with Gasteiger partial charge in [-0.1, -0.05) is 72.6 Å². The van der Waals surface area contributed by atoms with E-state index in [2.05, 4.69) is 27.7 Å². The van der Waals surface area contributed by atoms with Gasteiger partial charge >= 0.3 is 0 Å². The summed E-state index contributed by atoms with van der Waals surface area (Å²) >= 11 is 4.82. The molecule has 2 atom stereocenters. The van der Waals surface area contributed by atoms with E-state index < -0.39 is 0 Å². The quantitative estimate of drug-likeness (QED) is 0.335. The third-order valence-corrected chi connectivity index (χ3v) is 4.46. The molecule has 0 aliphatic carbocycles. The van der Waals surface area contributed by atoms with E-state index in [1.807, 2.05) is 0 Å². The summed E-state index contributed by atoms with van der Waals surface area (Å²) in [5.74, 6) is 1.72. The number of thiol groups is 1. The van der Waals surface area contributed by atoms with Crippen molar-refractivity contribution in [2.75, 3.05) is 0 Å². The van der Waals surface area contributed by atoms with Crippen LogP contribution in [-0.2, 0) is 0 Å². The molecule has 0 saturated carbocycles. The summed E-state index contributed by atoms with van der Waals surface area (Å²) in [5, 5.41) is 0.644. The molecule has 0 amide bonds. The summed E-state index contributed by atoms with van der Waals surface area (Å²) in [6, 6.07) is 0. The minimum absolute atomic E-state index is 0.644. The molecule has 0 aromatic rings. The molecule has 1 heteroatoms. The normalized spacial score (nSPS) is 15.2. The zero-order chi connectivity index (χ0) is 13.1. The summed E-state index contributed by atoms with van der Waals surface area (Å²) in [6.07, 6.45) is 12.3. The SMILES string of the molecule is CCCCC(CC)C(S)CCCCCC(C)C. The average Bonchev–Trinajstić information content (AvgIpc) is 2.29. The van der Waals surface area contributed by atoms with E-state index in [0.717, 1.165) is 11.8 Å². The van der Waals surface area contributed by atoms with Crippen molar-refractivity contribution in [2.24, 2.45) is 11.8 Å². The first-order valence-electron chi connectivity index (χ1n) is 7.79. The van der Waals surface area contributed by atoms with E-state index in [-0.39, 0.29) is 0 Å². The molecule has 104 valence electrons. The molecule has 0 fully saturated rings. The van der Waals surface area contributed by atoms with Crippen LogP contribution in [0.3, 0.4) is 0 Å². The van der Waals surface area contributed by atoms with Gasteiger partial charge in [-0.05, 0) is 24.7 Å². The van der Waals surface area contributed by atoms with Crippen molar-refractivity contribution < 1.29 is 0 Å². The molecule has 0 nitrogen and oxygen atoms in total. The predicted octanol–water partition coefficient (Wildman–Crippen LogP) is 6.11. The molecule has 0 spiro atoms. The Labute approximate surface area is 115 Å². The van der Waals surface area contributed by atoms with Crippen molar-refractivity contribution in [1.82, 2.24) is 0 Å². The number of unbranched alkanes of at least 4 members (excludes halogenated alkanes) is 3. The van der Waals surface area contributed by atoms with Crippen molar-refractivity contribution in [3.8, 4) is 0 Å². The smallest absolute Gasteiger partial charge is 0.00449 e. The van der Waals surface area contributed by atoms with E-state index >= 15 is 0 Å². The van der Waals surface area contributed by atoms with Gasteiger partial charge in [0.25, 0.3) is 0 Å². The van der Waals surface area contributed by atoms with E-state index in [0.29, 0.717) is 5.25 Å². The van der Waals surface area contributed by atoms with Gasteiger partial charge in [0.15, 0.2) is 0 Å². The molecular weight excluding hydrogens is 224 g/mol. The molecule has 0 aliphatic heterocycles. The Kier molecular flexibility index (Phi) is 11.7. The first-order valence-corrected chi connectivity index (χ1v) is 8.31. The van der Waals surface area contributed by atoms with Crippen molar-refractivity contribution in [3.05, 3.63) is 0 Å². The van der Waals surface area contributed by atoms with Crippen LogP contribution >= 0.6 is 12.6 Å². The van der Waals surface area contributed by atoms with Crippen LogP contribution in [0.5, 0.6) is 0 Å². The van der Waals surface area contributed by atoms with Crippen LogP contribution in [0.15, 0.2) is 0 Å². The van der Waals surface area contributed by atoms with Crippen LogP contribution in [0.4, 0.5) is 0 Å². The molecule has 0 aliphatic rings. The van der Waals surface area contributed by atoms with Gasteiger partial charge in [0.1, 0.15) is 0 Å². The van der Waals surface area contributed by atoms with Crippen LogP contribution in [0.25, 0.3) is 0 Å². The first-order chi connectivity index (χ1) is 8.11. The molecule has 17 heavy (non-hydrogen) atoms. The van der Waals surface area contributed by atoms with Gasteiger partial charge in [-0.15, -0.1) is 0 Å². The van der Waals surface area contributed by atoms with E-state index in [9.17, 15) is 0 Å². The Morgan fingerprint density at radius 2 is 1.47 bits per heavy atom. The minimum atomic E-state index is 0.644. The largest absolute Gasteiger partial charge is 0.176 e. The Bertz CT molecular complexity index is 154. The molecule has 0 N–H and O–H groups in total. The third-order valence-electron chi connectivity index (χ3n) is 3.78. The van der Waals surface area contributed by atoms with Gasteiger partial charge < -0.3 is 0 Å². The second-order valence-corrected chi connectivity index (χ2v) is 6.57. The average molecular weight is 259 g/mol. The van der Waals surface area contributed by atoms with Crippen molar-refractivity contribution in [1.29, 1.82) is 0 Å². The third kappa shape index (κ3) is 10.00. The maximum absolute atomic E-state index is 4.82. The molecule has 2 unspecified atom stereocenters. The molecule has 0 radical (unpaired) electrons. The lowest BCUT2D eigenvalue weighted by Crippen LogP contribution is -2.14. The standard InChI is InChI=1S/C16H34S/c1-5-7-12-15(6-2)16(17)13-10-8-9-11-14(3)4/h14-17H,5-13H2,1-4H3. The van der Waals surface area contributed by atoms with Crippen molar-refractivity contribution in [3.63, 3.8) is 0 Å². The monoisotopic (exact) mass is 258 g/mol. The summed E-state index contributed by atoms with van der Waals surface area (Å²) in [4.78, 5) is 0. The van der Waals surface area contributed by atoms with Gasteiger partial charge in [0, 0.05) is 5.25 Å². The lowest BCUT2D eigenvalue weighted by molar-refractivity contribution is 0.410. The molecule has 0 bridgehead atoms. The number of hydrogen-bond donors (Lipinski definition) is 1. The summed E-state index contributed by atoms with van der Waals surface area (Å²) in [7, 11) is 0. The number of rotatable bonds is 11. The van der Waals surface area contributed by atoms with Crippen LogP contribution in [0, 0.1) is 11.8 Å². The molecule has 0 aromatic carbocycles. The lowest BCUT2D eigenvalue weighted by Gasteiger charge is -2.21. The predicted molar refractivity (Wildman–Crippen MR) is 84.0 cm³/mol. The van der Waals surface area contributed by atoms with Gasteiger partial charge in [-0.25, -0.2) is 0 Å². The molecule has 0 heterocycles. The van der Waals surface area contributed by atoms with Crippen LogP contribution in [0.2, 0.25) is 0 Å². The zero-order valence-electron chi connectivity index (χ0n) is 12.5. The van der Waals surface area contributed by atoms with Crippen LogP contribution in [0.1, 0.15) is 85.5 Å². The van der Waals surface area contributed by atoms with E-state index in [4.69, 9.17) is 12.6 Å². The maximum atomic E-state index is 4.82. The van der Waals surface area contributed by atoms with Gasteiger partial charge in [0.2, 0.25) is 0 Å². The Morgan fingerprint density at radius 1 is 0.824 bits per heavy atom. The molecule has 0 aromatic heterocycles. The fourth-order valence-corrected chi connectivity index (χ4v) is 3.00. The highest BCUT2D eigenvalue weighted by Gasteiger charge is 2.15. The molecular formula is C16H34S. The topological polar surface area (TPSA) is 0 Å². The molecule has 0 saturated heterocycles. The van der Waals surface area contributed by atoms with Crippen molar-refractivity contribution in [2.45, 2.75) is 90.7 Å². The minimum Gasteiger partial charge on any atom is -0.176 e. The highest BCUT2D eigenvalue weighted by Crippen LogP contribution is 2.25. The lowest BCUT2D eigenvalue weighted by atomic mass is 9.92. The second-order valence-electron chi connectivity index (χ2n) is 5.91. The Hall–Kier alpha value is 0.350. The second kappa shape index (κ2) is 11.4. The van der Waals surface area contributed by atoms with Crippen LogP contribution < -0.4 is 0 Å². The fraction of sp³-hybridized carbons (Fsp3) is 1.00. The van der Waals surface area contributed by atoms with Gasteiger partial charge in [-0.2, -0.15) is 12.6 Å². The Balaban J connectivity index is 3.56. The van der Waals surface area contributed by atoms with E-state index in [1.165, 1.54) is 57.8 Å². The Morgan fingerprint density at radius 3 is 2.00 bits per heavy atom. The highest BCUT2D eigenvalue weighted by molar-refractivity contribution is 7.81. The highest BCUT2D eigenvalue weighted by atomic mass is 32.1. The summed E-state index contributed by atoms with van der Waals surface area (Å²) in [5.41, 5.74) is 0. The van der Waals surface area contributed by atoms with Crippen LogP contribution in [-0.4, -0.2) is 5.25 Å². The van der Waals surface area contributed by atoms with Crippen molar-refractivity contribution >= 4 is 12.6 Å². The van der Waals surface area contributed by atoms with Gasteiger partial charge in [-0.3, -0.25) is 0 Å². The number of hydrogen-bond acceptors (Lipinski definition) is 1. The maximum Gasteiger partial charge on any atom is 0.00449 e. The summed E-state index contributed by atoms with van der Waals surface area (Å²) in [6.45, 7) is 9.24. The van der Waals surface area contributed by atoms with Gasteiger partial charge in [0.05, 0.1) is 0 Å². The summed E-state index contributed by atoms with van der Waals surface area (Å²) < 4.78 is 0. The first kappa shape index (κ1) is 17.4.